The van der Waals surface area contributed by atoms with Crippen molar-refractivity contribution in [3.8, 4) is 11.1 Å². The van der Waals surface area contributed by atoms with Crippen LogP contribution in [-0.2, 0) is 6.54 Å². The molecule has 88 valence electrons. The zero-order valence-corrected chi connectivity index (χ0v) is 9.83. The summed E-state index contributed by atoms with van der Waals surface area (Å²) in [5, 5.41) is 15.7. The van der Waals surface area contributed by atoms with Crippen LogP contribution in [0, 0.1) is 6.92 Å². The summed E-state index contributed by atoms with van der Waals surface area (Å²) >= 11 is 0. The Bertz CT molecular complexity index is 545. The molecule has 0 bridgehead atoms. The second-order valence-corrected chi connectivity index (χ2v) is 3.76. The average Bonchev–Trinajstić information content (AvgIpc) is 2.80. The number of rotatable bonds is 3. The first-order chi connectivity index (χ1) is 8.24. The summed E-state index contributed by atoms with van der Waals surface area (Å²) in [6, 6.07) is 2.00. The van der Waals surface area contributed by atoms with Gasteiger partial charge < -0.3 is 5.21 Å². The Morgan fingerprint density at radius 2 is 2.24 bits per heavy atom. The van der Waals surface area contributed by atoms with Crippen LogP contribution in [0.1, 0.15) is 18.2 Å². The molecule has 2 aromatic heterocycles. The van der Waals surface area contributed by atoms with E-state index in [4.69, 9.17) is 5.21 Å². The maximum absolute atomic E-state index is 8.48. The molecular weight excluding hydrogens is 216 g/mol. The van der Waals surface area contributed by atoms with E-state index in [1.54, 1.807) is 6.20 Å². The van der Waals surface area contributed by atoms with Crippen LogP contribution < -0.4 is 0 Å². The van der Waals surface area contributed by atoms with E-state index >= 15 is 0 Å². The van der Waals surface area contributed by atoms with Gasteiger partial charge in [0.1, 0.15) is 0 Å². The first-order valence-electron chi connectivity index (χ1n) is 5.41. The summed E-state index contributed by atoms with van der Waals surface area (Å²) < 4.78 is 1.87. The normalized spacial score (nSPS) is 11.2. The molecule has 0 spiro atoms. The second kappa shape index (κ2) is 4.78. The molecule has 17 heavy (non-hydrogen) atoms. The van der Waals surface area contributed by atoms with E-state index in [9.17, 15) is 0 Å². The van der Waals surface area contributed by atoms with Crippen LogP contribution in [-0.4, -0.2) is 26.2 Å². The molecule has 0 unspecified atom stereocenters. The number of aryl methyl sites for hydroxylation is 2. The molecule has 0 saturated heterocycles. The third-order valence-electron chi connectivity index (χ3n) is 2.59. The van der Waals surface area contributed by atoms with Gasteiger partial charge in [-0.2, -0.15) is 5.10 Å². The molecule has 2 heterocycles. The van der Waals surface area contributed by atoms with Gasteiger partial charge in [-0.25, -0.2) is 0 Å². The quantitative estimate of drug-likeness (QED) is 0.499. The van der Waals surface area contributed by atoms with Crippen molar-refractivity contribution in [2.45, 2.75) is 20.4 Å². The van der Waals surface area contributed by atoms with Crippen molar-refractivity contribution < 1.29 is 5.21 Å². The third kappa shape index (κ3) is 2.33. The number of pyridine rings is 1. The van der Waals surface area contributed by atoms with Crippen molar-refractivity contribution in [3.05, 3.63) is 35.9 Å². The van der Waals surface area contributed by atoms with Crippen molar-refractivity contribution in [1.29, 1.82) is 0 Å². The summed E-state index contributed by atoms with van der Waals surface area (Å²) in [4.78, 5) is 4.23. The molecule has 1 N–H and O–H groups in total. The monoisotopic (exact) mass is 230 g/mol. The van der Waals surface area contributed by atoms with Crippen LogP contribution in [0.25, 0.3) is 11.1 Å². The van der Waals surface area contributed by atoms with Gasteiger partial charge in [-0.15, -0.1) is 0 Å². The Morgan fingerprint density at radius 1 is 1.41 bits per heavy atom. The van der Waals surface area contributed by atoms with Crippen molar-refractivity contribution in [1.82, 2.24) is 14.8 Å². The summed E-state index contributed by atoms with van der Waals surface area (Å²) in [7, 11) is 0. The molecule has 5 heteroatoms. The molecule has 0 saturated carbocycles. The van der Waals surface area contributed by atoms with E-state index < -0.39 is 0 Å². The highest BCUT2D eigenvalue weighted by Crippen LogP contribution is 2.19. The first-order valence-corrected chi connectivity index (χ1v) is 5.41. The Hall–Kier alpha value is -2.17. The molecule has 0 amide bonds. The van der Waals surface area contributed by atoms with Gasteiger partial charge in [0.25, 0.3) is 0 Å². The smallest absolute Gasteiger partial charge is 0.0920 e. The highest BCUT2D eigenvalue weighted by molar-refractivity contribution is 5.79. The van der Waals surface area contributed by atoms with Crippen LogP contribution in [0.5, 0.6) is 0 Å². The minimum atomic E-state index is 0.666. The second-order valence-electron chi connectivity index (χ2n) is 3.76. The predicted molar refractivity (Wildman–Crippen MR) is 65.2 cm³/mol. The highest BCUT2D eigenvalue weighted by Gasteiger charge is 2.04. The zero-order valence-electron chi connectivity index (χ0n) is 9.83. The van der Waals surface area contributed by atoms with Crippen LogP contribution >= 0.6 is 0 Å². The van der Waals surface area contributed by atoms with Gasteiger partial charge in [0.15, 0.2) is 0 Å². The lowest BCUT2D eigenvalue weighted by Gasteiger charge is -2.01. The topological polar surface area (TPSA) is 63.3 Å². The summed E-state index contributed by atoms with van der Waals surface area (Å²) in [5.41, 5.74) is 3.68. The standard InChI is InChI=1S/C12H14N4O/c1-3-16-8-11(6-14-16)10-4-9(2)12(7-15-17)13-5-10/h4-8,17H,3H2,1-2H3/b15-7+. The number of hydrogen-bond donors (Lipinski definition) is 1. The lowest BCUT2D eigenvalue weighted by atomic mass is 10.1. The summed E-state index contributed by atoms with van der Waals surface area (Å²) in [6.45, 7) is 4.82. The number of aromatic nitrogens is 3. The molecule has 0 radical (unpaired) electrons. The molecule has 0 aliphatic carbocycles. The van der Waals surface area contributed by atoms with E-state index in [1.807, 2.05) is 37.0 Å². The lowest BCUT2D eigenvalue weighted by molar-refractivity contribution is 0.321. The molecule has 0 aliphatic rings. The zero-order chi connectivity index (χ0) is 12.3. The van der Waals surface area contributed by atoms with Crippen molar-refractivity contribution in [3.63, 3.8) is 0 Å². The summed E-state index contributed by atoms with van der Waals surface area (Å²) in [6.07, 6.45) is 6.88. The van der Waals surface area contributed by atoms with Gasteiger partial charge in [0.2, 0.25) is 0 Å². The molecule has 5 nitrogen and oxygen atoms in total. The van der Waals surface area contributed by atoms with Crippen molar-refractivity contribution in [2.75, 3.05) is 0 Å². The number of nitrogens with zero attached hydrogens (tertiary/aromatic N) is 4. The van der Waals surface area contributed by atoms with Gasteiger partial charge in [0, 0.05) is 30.1 Å². The van der Waals surface area contributed by atoms with Crippen molar-refractivity contribution >= 4 is 6.21 Å². The van der Waals surface area contributed by atoms with Gasteiger partial charge >= 0.3 is 0 Å². The van der Waals surface area contributed by atoms with Crippen LogP contribution in [0.3, 0.4) is 0 Å². The van der Waals surface area contributed by atoms with E-state index in [2.05, 4.69) is 15.2 Å². The Kier molecular flexibility index (Phi) is 3.18. The summed E-state index contributed by atoms with van der Waals surface area (Å²) in [5.74, 6) is 0. The maximum atomic E-state index is 8.48. The van der Waals surface area contributed by atoms with Gasteiger partial charge in [0.05, 0.1) is 18.1 Å². The number of oxime groups is 1. The fourth-order valence-electron chi connectivity index (χ4n) is 1.62. The Balaban J connectivity index is 2.37. The van der Waals surface area contributed by atoms with Crippen molar-refractivity contribution in [2.24, 2.45) is 5.16 Å². The molecule has 0 fully saturated rings. The largest absolute Gasteiger partial charge is 0.411 e. The minimum absolute atomic E-state index is 0.666. The van der Waals surface area contributed by atoms with Crippen LogP contribution in [0.15, 0.2) is 29.8 Å². The maximum Gasteiger partial charge on any atom is 0.0920 e. The van der Waals surface area contributed by atoms with E-state index in [0.29, 0.717) is 5.69 Å². The molecule has 2 aromatic rings. The molecule has 0 aromatic carbocycles. The molecular formula is C12H14N4O. The average molecular weight is 230 g/mol. The van der Waals surface area contributed by atoms with Gasteiger partial charge in [-0.3, -0.25) is 9.67 Å². The van der Waals surface area contributed by atoms with Crippen LogP contribution in [0.4, 0.5) is 0 Å². The van der Waals surface area contributed by atoms with E-state index in [0.717, 1.165) is 23.2 Å². The fourth-order valence-corrected chi connectivity index (χ4v) is 1.62. The lowest BCUT2D eigenvalue weighted by Crippen LogP contribution is -1.93. The molecule has 0 atom stereocenters. The minimum Gasteiger partial charge on any atom is -0.411 e. The van der Waals surface area contributed by atoms with E-state index in [-0.39, 0.29) is 0 Å². The first kappa shape index (κ1) is 11.3. The number of hydrogen-bond acceptors (Lipinski definition) is 4. The highest BCUT2D eigenvalue weighted by atomic mass is 16.4. The SMILES string of the molecule is CCn1cc(-c2cnc(/C=N/O)c(C)c2)cn1. The fraction of sp³-hybridized carbons (Fsp3) is 0.250. The molecule has 0 aliphatic heterocycles. The molecule has 2 rings (SSSR count). The Morgan fingerprint density at radius 3 is 2.82 bits per heavy atom. The predicted octanol–water partition coefficient (Wildman–Crippen LogP) is 2.08. The third-order valence-corrected chi connectivity index (χ3v) is 2.59. The van der Waals surface area contributed by atoms with Gasteiger partial charge in [-0.1, -0.05) is 5.16 Å². The van der Waals surface area contributed by atoms with E-state index in [1.165, 1.54) is 6.21 Å². The Labute approximate surface area is 99.4 Å². The van der Waals surface area contributed by atoms with Gasteiger partial charge in [-0.05, 0) is 25.5 Å². The van der Waals surface area contributed by atoms with Crippen LogP contribution in [0.2, 0.25) is 0 Å².